The molecule has 0 aliphatic carbocycles. The Morgan fingerprint density at radius 1 is 1.27 bits per heavy atom. The SMILES string of the molecule is CN1/C(=C\C(=O)COC(=O)c2ccnc(Cl)c2)C(C)(C)c2ccccc21. The molecule has 0 atom stereocenters. The van der Waals surface area contributed by atoms with Crippen molar-refractivity contribution in [3.05, 3.63) is 70.6 Å². The zero-order chi connectivity index (χ0) is 18.9. The zero-order valence-corrected chi connectivity index (χ0v) is 15.6. The number of carbonyl (C=O) groups is 2. The molecule has 1 aliphatic rings. The first-order chi connectivity index (χ1) is 12.3. The summed E-state index contributed by atoms with van der Waals surface area (Å²) in [6.07, 6.45) is 2.96. The predicted molar refractivity (Wildman–Crippen MR) is 100 cm³/mol. The molecule has 2 aromatic rings. The Bertz CT molecular complexity index is 905. The van der Waals surface area contributed by atoms with Crippen molar-refractivity contribution in [3.63, 3.8) is 0 Å². The van der Waals surface area contributed by atoms with Gasteiger partial charge < -0.3 is 9.64 Å². The van der Waals surface area contributed by atoms with Crippen molar-refractivity contribution < 1.29 is 14.3 Å². The van der Waals surface area contributed by atoms with Crippen molar-refractivity contribution in [2.24, 2.45) is 0 Å². The summed E-state index contributed by atoms with van der Waals surface area (Å²) in [4.78, 5) is 30.2. The number of pyridine rings is 1. The maximum Gasteiger partial charge on any atom is 0.338 e. The Morgan fingerprint density at radius 3 is 2.69 bits per heavy atom. The molecular weight excluding hydrogens is 352 g/mol. The highest BCUT2D eigenvalue weighted by atomic mass is 35.5. The average molecular weight is 371 g/mol. The van der Waals surface area contributed by atoms with E-state index in [0.29, 0.717) is 0 Å². The zero-order valence-electron chi connectivity index (χ0n) is 14.8. The topological polar surface area (TPSA) is 59.5 Å². The molecule has 1 aliphatic heterocycles. The normalized spacial score (nSPS) is 16.5. The fraction of sp³-hybridized carbons (Fsp3) is 0.250. The van der Waals surface area contributed by atoms with Crippen LogP contribution in [0.3, 0.4) is 0 Å². The van der Waals surface area contributed by atoms with Gasteiger partial charge in [0, 0.05) is 36.1 Å². The van der Waals surface area contributed by atoms with E-state index in [9.17, 15) is 9.59 Å². The van der Waals surface area contributed by atoms with Crippen molar-refractivity contribution in [2.75, 3.05) is 18.6 Å². The van der Waals surface area contributed by atoms with Crippen molar-refractivity contribution >= 4 is 29.0 Å². The molecule has 0 unspecified atom stereocenters. The Hall–Kier alpha value is -2.66. The van der Waals surface area contributed by atoms with Gasteiger partial charge in [-0.3, -0.25) is 4.79 Å². The number of ketones is 1. The molecule has 0 fully saturated rings. The quantitative estimate of drug-likeness (QED) is 0.465. The van der Waals surface area contributed by atoms with E-state index >= 15 is 0 Å². The van der Waals surface area contributed by atoms with E-state index in [2.05, 4.69) is 24.9 Å². The van der Waals surface area contributed by atoms with Crippen LogP contribution in [-0.2, 0) is 14.9 Å². The number of carbonyl (C=O) groups excluding carboxylic acids is 2. The lowest BCUT2D eigenvalue weighted by molar-refractivity contribution is -0.117. The van der Waals surface area contributed by atoms with Crippen LogP contribution in [0.25, 0.3) is 0 Å². The third-order valence-electron chi connectivity index (χ3n) is 4.55. The second kappa shape index (κ2) is 6.92. The Balaban J connectivity index is 1.72. The van der Waals surface area contributed by atoms with E-state index in [-0.39, 0.29) is 28.5 Å². The molecule has 6 heteroatoms. The fourth-order valence-electron chi connectivity index (χ4n) is 3.20. The Kier molecular flexibility index (Phi) is 4.83. The number of nitrogens with zero attached hydrogens (tertiary/aromatic N) is 2. The van der Waals surface area contributed by atoms with Gasteiger partial charge in [-0.15, -0.1) is 0 Å². The average Bonchev–Trinajstić information content (AvgIpc) is 2.81. The maximum absolute atomic E-state index is 12.4. The molecule has 3 rings (SSSR count). The Labute approximate surface area is 157 Å². The predicted octanol–water partition coefficient (Wildman–Crippen LogP) is 3.77. The van der Waals surface area contributed by atoms with Gasteiger partial charge in [0.25, 0.3) is 0 Å². The molecule has 0 saturated carbocycles. The number of ether oxygens (including phenoxy) is 1. The van der Waals surface area contributed by atoms with Crippen LogP contribution >= 0.6 is 11.6 Å². The van der Waals surface area contributed by atoms with Gasteiger partial charge in [-0.2, -0.15) is 0 Å². The van der Waals surface area contributed by atoms with Crippen molar-refractivity contribution in [1.82, 2.24) is 4.98 Å². The molecule has 5 nitrogen and oxygen atoms in total. The van der Waals surface area contributed by atoms with E-state index in [1.165, 1.54) is 18.3 Å². The van der Waals surface area contributed by atoms with E-state index in [4.69, 9.17) is 16.3 Å². The number of benzene rings is 1. The number of hydrogen-bond donors (Lipinski definition) is 0. The summed E-state index contributed by atoms with van der Waals surface area (Å²) in [5.74, 6) is -0.885. The van der Waals surface area contributed by atoms with Crippen LogP contribution in [0, 0.1) is 0 Å². The Morgan fingerprint density at radius 2 is 2.00 bits per heavy atom. The third kappa shape index (κ3) is 3.35. The highest BCUT2D eigenvalue weighted by molar-refractivity contribution is 6.29. The second-order valence-corrected chi connectivity index (χ2v) is 7.03. The summed E-state index contributed by atoms with van der Waals surface area (Å²) < 4.78 is 5.10. The molecule has 0 bridgehead atoms. The number of esters is 1. The molecular formula is C20H19ClN2O3. The number of fused-ring (bicyclic) bond motifs is 1. The van der Waals surface area contributed by atoms with Crippen LogP contribution in [0.2, 0.25) is 5.15 Å². The molecule has 1 aromatic carbocycles. The second-order valence-electron chi connectivity index (χ2n) is 6.64. The monoisotopic (exact) mass is 370 g/mol. The van der Waals surface area contributed by atoms with E-state index < -0.39 is 5.97 Å². The first-order valence-corrected chi connectivity index (χ1v) is 8.55. The smallest absolute Gasteiger partial charge is 0.338 e. The van der Waals surface area contributed by atoms with Crippen molar-refractivity contribution in [3.8, 4) is 0 Å². The van der Waals surface area contributed by atoms with Gasteiger partial charge in [0.05, 0.1) is 5.56 Å². The lowest BCUT2D eigenvalue weighted by Crippen LogP contribution is -2.25. The maximum atomic E-state index is 12.4. The number of anilines is 1. The van der Waals surface area contributed by atoms with Crippen LogP contribution in [-0.4, -0.2) is 30.4 Å². The van der Waals surface area contributed by atoms with Gasteiger partial charge >= 0.3 is 5.97 Å². The highest BCUT2D eigenvalue weighted by Crippen LogP contribution is 2.46. The van der Waals surface area contributed by atoms with E-state index in [1.807, 2.05) is 30.1 Å². The molecule has 2 heterocycles. The van der Waals surface area contributed by atoms with Crippen LogP contribution in [0.1, 0.15) is 29.8 Å². The van der Waals surface area contributed by atoms with Crippen LogP contribution in [0.5, 0.6) is 0 Å². The first-order valence-electron chi connectivity index (χ1n) is 8.17. The summed E-state index contributed by atoms with van der Waals surface area (Å²) in [5, 5.41) is 0.194. The molecule has 0 N–H and O–H groups in total. The molecule has 0 radical (unpaired) electrons. The van der Waals surface area contributed by atoms with Gasteiger partial charge in [-0.05, 0) is 23.8 Å². The number of rotatable bonds is 4. The largest absolute Gasteiger partial charge is 0.454 e. The van der Waals surface area contributed by atoms with Gasteiger partial charge in [0.2, 0.25) is 0 Å². The molecule has 0 amide bonds. The molecule has 0 saturated heterocycles. The minimum absolute atomic E-state index is 0.194. The number of aromatic nitrogens is 1. The number of para-hydroxylation sites is 1. The number of allylic oxidation sites excluding steroid dienone is 1. The van der Waals surface area contributed by atoms with Gasteiger partial charge in [0.1, 0.15) is 5.15 Å². The van der Waals surface area contributed by atoms with Gasteiger partial charge in [0.15, 0.2) is 12.4 Å². The summed E-state index contributed by atoms with van der Waals surface area (Å²) in [6.45, 7) is 3.81. The van der Waals surface area contributed by atoms with Gasteiger partial charge in [-0.25, -0.2) is 9.78 Å². The lowest BCUT2D eigenvalue weighted by Gasteiger charge is -2.23. The minimum atomic E-state index is -0.608. The number of hydrogen-bond acceptors (Lipinski definition) is 5. The lowest BCUT2D eigenvalue weighted by atomic mass is 9.83. The summed E-state index contributed by atoms with van der Waals surface area (Å²) >= 11 is 5.76. The van der Waals surface area contributed by atoms with Crippen LogP contribution in [0.15, 0.2) is 54.4 Å². The van der Waals surface area contributed by atoms with Crippen LogP contribution < -0.4 is 4.90 Å². The standard InChI is InChI=1S/C20H19ClN2O3/c1-20(2)15-6-4-5-7-16(15)23(3)17(20)11-14(24)12-26-19(25)13-8-9-22-18(21)10-13/h4-11H,12H2,1-3H3/b17-11-. The van der Waals surface area contributed by atoms with Crippen molar-refractivity contribution in [1.29, 1.82) is 0 Å². The van der Waals surface area contributed by atoms with Crippen LogP contribution in [0.4, 0.5) is 5.69 Å². The van der Waals surface area contributed by atoms with Crippen molar-refractivity contribution in [2.45, 2.75) is 19.3 Å². The van der Waals surface area contributed by atoms with E-state index in [1.54, 1.807) is 6.08 Å². The fourth-order valence-corrected chi connectivity index (χ4v) is 3.38. The molecule has 1 aromatic heterocycles. The van der Waals surface area contributed by atoms with E-state index in [0.717, 1.165) is 16.9 Å². The number of likely N-dealkylation sites (N-methyl/N-ethyl adjacent to an activating group) is 1. The summed E-state index contributed by atoms with van der Waals surface area (Å²) in [5.41, 5.74) is 3.05. The molecule has 0 spiro atoms. The highest BCUT2D eigenvalue weighted by Gasteiger charge is 2.38. The minimum Gasteiger partial charge on any atom is -0.454 e. The summed E-state index contributed by atoms with van der Waals surface area (Å²) in [7, 11) is 1.93. The summed E-state index contributed by atoms with van der Waals surface area (Å²) in [6, 6.07) is 10.9. The first kappa shape index (κ1) is 18.1. The molecule has 26 heavy (non-hydrogen) atoms. The number of halogens is 1. The third-order valence-corrected chi connectivity index (χ3v) is 4.75. The molecule has 134 valence electrons. The van der Waals surface area contributed by atoms with Gasteiger partial charge in [-0.1, -0.05) is 43.6 Å².